The molecule has 11 heteroatoms. The number of hydrogen-bond donors (Lipinski definition) is 2. The summed E-state index contributed by atoms with van der Waals surface area (Å²) in [7, 11) is 1.58. The Morgan fingerprint density at radius 3 is 2.46 bits per heavy atom. The number of carbonyl (C=O) groups excluding carboxylic acids is 3. The van der Waals surface area contributed by atoms with Gasteiger partial charge in [0, 0.05) is 21.2 Å². The van der Waals surface area contributed by atoms with Crippen LogP contribution < -0.4 is 15.4 Å². The van der Waals surface area contributed by atoms with E-state index in [-0.39, 0.29) is 30.5 Å². The van der Waals surface area contributed by atoms with Crippen LogP contribution in [0.25, 0.3) is 0 Å². The van der Waals surface area contributed by atoms with Gasteiger partial charge < -0.3 is 14.8 Å². The minimum Gasteiger partial charge on any atom is -0.497 e. The molecule has 208 valence electrons. The lowest BCUT2D eigenvalue weighted by Crippen LogP contribution is -2.70. The maximum absolute atomic E-state index is 13.5. The minimum atomic E-state index is -0.733. The first-order valence-electron chi connectivity index (χ1n) is 12.7. The molecule has 2 heterocycles. The van der Waals surface area contributed by atoms with Crippen LogP contribution in [0.4, 0.5) is 5.69 Å². The molecule has 0 bridgehead atoms. The molecular weight excluding hydrogens is 560 g/mol. The summed E-state index contributed by atoms with van der Waals surface area (Å²) < 4.78 is 10.9. The highest BCUT2D eigenvalue weighted by molar-refractivity contribution is 8.06. The van der Waals surface area contributed by atoms with Crippen molar-refractivity contribution in [3.63, 3.8) is 0 Å². The number of anilines is 1. The zero-order valence-electron chi connectivity index (χ0n) is 22.0. The Balaban J connectivity index is 1.34. The molecule has 1 fully saturated rings. The minimum absolute atomic E-state index is 0.0237. The summed E-state index contributed by atoms with van der Waals surface area (Å²) in [5, 5.41) is 13.8. The van der Waals surface area contributed by atoms with Gasteiger partial charge in [0.1, 0.15) is 29.5 Å². The summed E-state index contributed by atoms with van der Waals surface area (Å²) in [6.07, 6.45) is 2.04. The van der Waals surface area contributed by atoms with Crippen LogP contribution in [0.2, 0.25) is 0 Å². The molecule has 2 atom stereocenters. The Morgan fingerprint density at radius 1 is 1.05 bits per heavy atom. The van der Waals surface area contributed by atoms with Crippen LogP contribution in [0.3, 0.4) is 0 Å². The van der Waals surface area contributed by atoms with E-state index in [1.165, 1.54) is 28.4 Å². The number of benzene rings is 3. The van der Waals surface area contributed by atoms with Crippen molar-refractivity contribution in [1.82, 2.24) is 10.2 Å². The van der Waals surface area contributed by atoms with Crippen LogP contribution in [0.15, 0.2) is 94.4 Å². The number of rotatable bonds is 10. The quantitative estimate of drug-likeness (QED) is 0.155. The molecule has 1 saturated heterocycles. The fourth-order valence-electron chi connectivity index (χ4n) is 4.42. The van der Waals surface area contributed by atoms with E-state index < -0.39 is 17.4 Å². The molecule has 41 heavy (non-hydrogen) atoms. The molecular formula is C30H26N4O5S2. The van der Waals surface area contributed by atoms with Gasteiger partial charge in [0.05, 0.1) is 13.5 Å². The van der Waals surface area contributed by atoms with E-state index in [9.17, 15) is 14.4 Å². The predicted molar refractivity (Wildman–Crippen MR) is 157 cm³/mol. The number of hydrogen-bond acceptors (Lipinski definition) is 9. The maximum Gasteiger partial charge on any atom is 0.356 e. The molecule has 3 aromatic rings. The molecule has 0 spiro atoms. The summed E-state index contributed by atoms with van der Waals surface area (Å²) in [6.45, 7) is 0.0237. The van der Waals surface area contributed by atoms with E-state index in [2.05, 4.69) is 10.6 Å². The normalized spacial score (nSPS) is 17.6. The van der Waals surface area contributed by atoms with E-state index in [1.807, 2.05) is 48.7 Å². The number of nitriles is 1. The van der Waals surface area contributed by atoms with E-state index >= 15 is 0 Å². The van der Waals surface area contributed by atoms with Gasteiger partial charge in [-0.25, -0.2) is 4.79 Å². The largest absolute Gasteiger partial charge is 0.497 e. The number of thioether (sulfide) groups is 2. The van der Waals surface area contributed by atoms with Gasteiger partial charge in [-0.1, -0.05) is 54.2 Å². The number of nitrogens with zero attached hydrogens (tertiary/aromatic N) is 2. The van der Waals surface area contributed by atoms with Crippen LogP contribution in [-0.2, 0) is 32.1 Å². The summed E-state index contributed by atoms with van der Waals surface area (Å²) in [5.41, 5.74) is 2.46. The van der Waals surface area contributed by atoms with Gasteiger partial charge in [0.15, 0.2) is 6.19 Å². The van der Waals surface area contributed by atoms with E-state index in [0.29, 0.717) is 22.1 Å². The number of carbonyl (C=O) groups is 3. The molecule has 2 aliphatic rings. The maximum atomic E-state index is 13.5. The Bertz CT molecular complexity index is 1500. The van der Waals surface area contributed by atoms with Crippen LogP contribution in [0.1, 0.15) is 11.1 Å². The zero-order valence-corrected chi connectivity index (χ0v) is 23.7. The molecule has 0 aliphatic carbocycles. The van der Waals surface area contributed by atoms with Crippen molar-refractivity contribution < 1.29 is 23.9 Å². The van der Waals surface area contributed by atoms with Crippen LogP contribution >= 0.6 is 23.5 Å². The molecule has 5 rings (SSSR count). The highest BCUT2D eigenvalue weighted by Gasteiger charge is 2.54. The highest BCUT2D eigenvalue weighted by atomic mass is 32.2. The summed E-state index contributed by atoms with van der Waals surface area (Å²) >= 11 is 2.85. The second-order valence-corrected chi connectivity index (χ2v) is 11.4. The SMILES string of the molecule is COc1ccc(COC(=O)C2=C(Sc3ccc(NC#N)cc3)CS[C@@H]3[C@H](NC(=O)Cc4ccccc4)C(=O)N23)cc1. The molecule has 0 aromatic heterocycles. The van der Waals surface area contributed by atoms with E-state index in [0.717, 1.165) is 16.0 Å². The zero-order chi connectivity index (χ0) is 28.8. The summed E-state index contributed by atoms with van der Waals surface area (Å²) in [5.74, 6) is -0.0785. The monoisotopic (exact) mass is 586 g/mol. The first kappa shape index (κ1) is 28.1. The van der Waals surface area contributed by atoms with Crippen molar-refractivity contribution in [2.75, 3.05) is 18.2 Å². The topological polar surface area (TPSA) is 121 Å². The number of nitrogens with one attached hydrogen (secondary N) is 2. The van der Waals surface area contributed by atoms with Gasteiger partial charge in [-0.15, -0.1) is 11.8 Å². The fraction of sp³-hybridized carbons (Fsp3) is 0.200. The van der Waals surface area contributed by atoms with Gasteiger partial charge in [0.2, 0.25) is 5.91 Å². The van der Waals surface area contributed by atoms with Crippen LogP contribution in [-0.4, -0.2) is 47.0 Å². The van der Waals surface area contributed by atoms with Crippen molar-refractivity contribution in [3.8, 4) is 11.9 Å². The smallest absolute Gasteiger partial charge is 0.356 e. The Morgan fingerprint density at radius 2 is 1.78 bits per heavy atom. The number of esters is 1. The molecule has 0 saturated carbocycles. The average molecular weight is 587 g/mol. The second kappa shape index (κ2) is 12.8. The van der Waals surface area contributed by atoms with Crippen molar-refractivity contribution in [2.45, 2.75) is 29.3 Å². The molecule has 0 radical (unpaired) electrons. The van der Waals surface area contributed by atoms with Crippen LogP contribution in [0, 0.1) is 11.5 Å². The lowest BCUT2D eigenvalue weighted by molar-refractivity contribution is -0.153. The first-order valence-corrected chi connectivity index (χ1v) is 14.6. The molecule has 2 aliphatic heterocycles. The second-order valence-electron chi connectivity index (χ2n) is 9.18. The number of ether oxygens (including phenoxy) is 2. The van der Waals surface area contributed by atoms with Gasteiger partial charge >= 0.3 is 5.97 Å². The summed E-state index contributed by atoms with van der Waals surface area (Å²) in [6, 6.07) is 22.9. The number of β-lactam (4-membered cyclic amide) rings is 1. The van der Waals surface area contributed by atoms with Crippen molar-refractivity contribution >= 4 is 47.0 Å². The predicted octanol–water partition coefficient (Wildman–Crippen LogP) is 4.28. The number of fused-ring (bicyclic) bond motifs is 1. The molecule has 2 amide bonds. The third-order valence-corrected chi connectivity index (χ3v) is 9.03. The Hall–Kier alpha value is -4.40. The standard InChI is InChI=1S/C30H26N4O5S2/c1-38-22-11-7-20(8-12-22)16-39-30(37)27-24(41-23-13-9-21(10-14-23)32-18-31)17-40-29-26(28(36)34(27)29)33-25(35)15-19-5-3-2-4-6-19/h2-14,26,29,32H,15-17H2,1H3,(H,33,35)/t26-,29-/m1/s1. The molecule has 2 N–H and O–H groups in total. The number of methoxy groups -OCH3 is 1. The molecule has 3 aromatic carbocycles. The summed E-state index contributed by atoms with van der Waals surface area (Å²) in [4.78, 5) is 42.5. The van der Waals surface area contributed by atoms with E-state index in [4.69, 9.17) is 14.7 Å². The first-order chi connectivity index (χ1) is 20.0. The highest BCUT2D eigenvalue weighted by Crippen LogP contribution is 2.45. The third kappa shape index (κ3) is 6.51. The van der Waals surface area contributed by atoms with Gasteiger partial charge in [0.25, 0.3) is 5.91 Å². The van der Waals surface area contributed by atoms with E-state index in [1.54, 1.807) is 43.5 Å². The average Bonchev–Trinajstić information content (AvgIpc) is 3.00. The third-order valence-electron chi connectivity index (χ3n) is 6.48. The van der Waals surface area contributed by atoms with Crippen LogP contribution in [0.5, 0.6) is 5.75 Å². The van der Waals surface area contributed by atoms with Gasteiger partial charge in [-0.05, 0) is 47.5 Å². The van der Waals surface area contributed by atoms with Crippen molar-refractivity contribution in [3.05, 3.63) is 101 Å². The Kier molecular flexibility index (Phi) is 8.82. The number of amides is 2. The van der Waals surface area contributed by atoms with Crippen molar-refractivity contribution in [2.24, 2.45) is 0 Å². The van der Waals surface area contributed by atoms with Gasteiger partial charge in [-0.2, -0.15) is 5.26 Å². The lowest BCUT2D eigenvalue weighted by Gasteiger charge is -2.49. The van der Waals surface area contributed by atoms with Gasteiger partial charge in [-0.3, -0.25) is 19.8 Å². The Labute approximate surface area is 245 Å². The fourth-order valence-corrected chi connectivity index (χ4v) is 6.89. The molecule has 0 unspecified atom stereocenters. The molecule has 9 nitrogen and oxygen atoms in total. The lowest BCUT2D eigenvalue weighted by atomic mass is 10.0. The van der Waals surface area contributed by atoms with Crippen molar-refractivity contribution in [1.29, 1.82) is 5.26 Å².